The average Bonchev–Trinajstić information content (AvgIpc) is 2.47. The molecule has 2 aromatic rings. The van der Waals surface area contributed by atoms with Crippen molar-refractivity contribution in [3.8, 4) is 22.6 Å². The predicted molar refractivity (Wildman–Crippen MR) is 85.4 cm³/mol. The Morgan fingerprint density at radius 2 is 1.81 bits per heavy atom. The van der Waals surface area contributed by atoms with E-state index in [1.165, 1.54) is 6.07 Å². The minimum atomic E-state index is -0.280. The van der Waals surface area contributed by atoms with E-state index in [2.05, 4.69) is 21.2 Å². The molecule has 2 aromatic carbocycles. The minimum Gasteiger partial charge on any atom is -0.495 e. The van der Waals surface area contributed by atoms with Crippen LogP contribution in [0.2, 0.25) is 0 Å². The first kappa shape index (κ1) is 15.8. The Morgan fingerprint density at radius 3 is 2.38 bits per heavy atom. The Bertz CT molecular complexity index is 646. The number of hydrogen-bond donors (Lipinski definition) is 1. The molecule has 0 aliphatic carbocycles. The lowest BCUT2D eigenvalue weighted by atomic mass is 10.0. The van der Waals surface area contributed by atoms with Crippen molar-refractivity contribution in [2.75, 3.05) is 21.3 Å². The second-order valence-electron chi connectivity index (χ2n) is 4.51. The molecule has 3 nitrogen and oxygen atoms in total. The van der Waals surface area contributed by atoms with Crippen LogP contribution in [0.5, 0.6) is 11.5 Å². The van der Waals surface area contributed by atoms with Gasteiger partial charge in [-0.1, -0.05) is 12.1 Å². The van der Waals surface area contributed by atoms with Crippen LogP contribution in [0.15, 0.2) is 34.8 Å². The SMILES string of the molecule is CNCc1ccc(-c2ccc(OC)c(Br)c2OC)c(F)c1. The summed E-state index contributed by atoms with van der Waals surface area (Å²) in [5, 5.41) is 3.00. The summed E-state index contributed by atoms with van der Waals surface area (Å²) >= 11 is 3.43. The van der Waals surface area contributed by atoms with E-state index in [4.69, 9.17) is 9.47 Å². The van der Waals surface area contributed by atoms with Gasteiger partial charge in [0.1, 0.15) is 21.8 Å². The van der Waals surface area contributed by atoms with Crippen LogP contribution in [0.25, 0.3) is 11.1 Å². The van der Waals surface area contributed by atoms with E-state index in [0.717, 1.165) is 5.56 Å². The standard InChI is InChI=1S/C16H17BrFNO2/c1-19-9-10-4-5-11(13(18)8-10)12-6-7-14(20-2)15(17)16(12)21-3/h4-8,19H,9H2,1-3H3. The van der Waals surface area contributed by atoms with E-state index >= 15 is 0 Å². The summed E-state index contributed by atoms with van der Waals surface area (Å²) in [7, 11) is 4.96. The monoisotopic (exact) mass is 353 g/mol. The second-order valence-corrected chi connectivity index (χ2v) is 5.30. The fraction of sp³-hybridized carbons (Fsp3) is 0.250. The van der Waals surface area contributed by atoms with Gasteiger partial charge in [0.05, 0.1) is 14.2 Å². The molecule has 0 aromatic heterocycles. The normalized spacial score (nSPS) is 10.5. The van der Waals surface area contributed by atoms with Crippen molar-refractivity contribution in [3.63, 3.8) is 0 Å². The maximum absolute atomic E-state index is 14.4. The molecule has 112 valence electrons. The minimum absolute atomic E-state index is 0.280. The Balaban J connectivity index is 2.54. The van der Waals surface area contributed by atoms with Gasteiger partial charge in [0, 0.05) is 17.7 Å². The zero-order valence-electron chi connectivity index (χ0n) is 12.2. The molecule has 0 spiro atoms. The van der Waals surface area contributed by atoms with Gasteiger partial charge < -0.3 is 14.8 Å². The zero-order chi connectivity index (χ0) is 15.4. The predicted octanol–water partition coefficient (Wildman–Crippen LogP) is 3.99. The first-order valence-corrected chi connectivity index (χ1v) is 7.25. The van der Waals surface area contributed by atoms with Gasteiger partial charge in [-0.3, -0.25) is 0 Å². The molecule has 0 amide bonds. The van der Waals surface area contributed by atoms with Crippen molar-refractivity contribution >= 4 is 15.9 Å². The highest BCUT2D eigenvalue weighted by molar-refractivity contribution is 9.10. The van der Waals surface area contributed by atoms with Crippen LogP contribution in [0, 0.1) is 5.82 Å². The molecule has 2 rings (SSSR count). The summed E-state index contributed by atoms with van der Waals surface area (Å²) in [6, 6.07) is 8.76. The van der Waals surface area contributed by atoms with E-state index in [1.807, 2.05) is 13.1 Å². The van der Waals surface area contributed by atoms with E-state index in [-0.39, 0.29) is 5.82 Å². The topological polar surface area (TPSA) is 30.5 Å². The van der Waals surface area contributed by atoms with Crippen molar-refractivity contribution in [2.45, 2.75) is 6.54 Å². The molecule has 0 bridgehead atoms. The fourth-order valence-electron chi connectivity index (χ4n) is 2.20. The van der Waals surface area contributed by atoms with Gasteiger partial charge in [-0.15, -0.1) is 0 Å². The van der Waals surface area contributed by atoms with Crippen LogP contribution < -0.4 is 14.8 Å². The van der Waals surface area contributed by atoms with E-state index in [0.29, 0.717) is 33.6 Å². The Kier molecular flexibility index (Phi) is 5.20. The van der Waals surface area contributed by atoms with Crippen molar-refractivity contribution in [1.29, 1.82) is 0 Å². The summed E-state index contributed by atoms with van der Waals surface area (Å²) in [4.78, 5) is 0. The Hall–Kier alpha value is -1.59. The molecule has 5 heteroatoms. The van der Waals surface area contributed by atoms with Crippen LogP contribution in [-0.2, 0) is 6.54 Å². The number of methoxy groups -OCH3 is 2. The van der Waals surface area contributed by atoms with Gasteiger partial charge in [0.2, 0.25) is 0 Å². The molecule has 1 N–H and O–H groups in total. The molecule has 0 saturated heterocycles. The van der Waals surface area contributed by atoms with Gasteiger partial charge in [0.15, 0.2) is 0 Å². The number of ether oxygens (including phenoxy) is 2. The summed E-state index contributed by atoms with van der Waals surface area (Å²) in [6.45, 7) is 0.626. The van der Waals surface area contributed by atoms with Gasteiger partial charge in [-0.05, 0) is 46.7 Å². The number of halogens is 2. The Morgan fingerprint density at radius 1 is 1.10 bits per heavy atom. The molecule has 0 atom stereocenters. The van der Waals surface area contributed by atoms with Gasteiger partial charge >= 0.3 is 0 Å². The highest BCUT2D eigenvalue weighted by atomic mass is 79.9. The lowest BCUT2D eigenvalue weighted by molar-refractivity contribution is 0.390. The number of hydrogen-bond acceptors (Lipinski definition) is 3. The maximum Gasteiger partial charge on any atom is 0.144 e. The lowest BCUT2D eigenvalue weighted by Crippen LogP contribution is -2.05. The number of benzene rings is 2. The average molecular weight is 354 g/mol. The van der Waals surface area contributed by atoms with E-state index in [9.17, 15) is 4.39 Å². The zero-order valence-corrected chi connectivity index (χ0v) is 13.8. The lowest BCUT2D eigenvalue weighted by Gasteiger charge is -2.14. The summed E-state index contributed by atoms with van der Waals surface area (Å²) < 4.78 is 25.7. The molecule has 0 fully saturated rings. The quantitative estimate of drug-likeness (QED) is 0.881. The smallest absolute Gasteiger partial charge is 0.144 e. The molecule has 0 heterocycles. The van der Waals surface area contributed by atoms with Crippen LogP contribution >= 0.6 is 15.9 Å². The molecule has 21 heavy (non-hydrogen) atoms. The largest absolute Gasteiger partial charge is 0.495 e. The van der Waals surface area contributed by atoms with E-state index in [1.54, 1.807) is 32.4 Å². The second kappa shape index (κ2) is 6.91. The fourth-order valence-corrected chi connectivity index (χ4v) is 2.87. The molecule has 0 radical (unpaired) electrons. The van der Waals surface area contributed by atoms with Gasteiger partial charge in [-0.2, -0.15) is 0 Å². The van der Waals surface area contributed by atoms with Crippen molar-refractivity contribution in [1.82, 2.24) is 5.32 Å². The summed E-state index contributed by atoms with van der Waals surface area (Å²) in [5.41, 5.74) is 2.07. The number of nitrogens with one attached hydrogen (secondary N) is 1. The number of rotatable bonds is 5. The molecule has 0 unspecified atom stereocenters. The van der Waals surface area contributed by atoms with Gasteiger partial charge in [-0.25, -0.2) is 4.39 Å². The maximum atomic E-state index is 14.4. The molecule has 0 saturated carbocycles. The van der Waals surface area contributed by atoms with Crippen molar-refractivity contribution < 1.29 is 13.9 Å². The van der Waals surface area contributed by atoms with Crippen LogP contribution in [0.3, 0.4) is 0 Å². The van der Waals surface area contributed by atoms with Gasteiger partial charge in [0.25, 0.3) is 0 Å². The van der Waals surface area contributed by atoms with Crippen molar-refractivity contribution in [2.24, 2.45) is 0 Å². The third-order valence-electron chi connectivity index (χ3n) is 3.19. The summed E-state index contributed by atoms with van der Waals surface area (Å²) in [6.07, 6.45) is 0. The van der Waals surface area contributed by atoms with Crippen molar-refractivity contribution in [3.05, 3.63) is 46.2 Å². The van der Waals surface area contributed by atoms with E-state index < -0.39 is 0 Å². The first-order chi connectivity index (χ1) is 10.1. The van der Waals surface area contributed by atoms with Crippen LogP contribution in [0.1, 0.15) is 5.56 Å². The molecule has 0 aliphatic rings. The highest BCUT2D eigenvalue weighted by Gasteiger charge is 2.16. The molecular formula is C16H17BrFNO2. The molecular weight excluding hydrogens is 337 g/mol. The third-order valence-corrected chi connectivity index (χ3v) is 3.94. The summed E-state index contributed by atoms with van der Waals surface area (Å²) in [5.74, 6) is 0.913. The Labute approximate surface area is 132 Å². The first-order valence-electron chi connectivity index (χ1n) is 6.46. The highest BCUT2D eigenvalue weighted by Crippen LogP contribution is 2.42. The van der Waals surface area contributed by atoms with Crippen LogP contribution in [-0.4, -0.2) is 21.3 Å². The third kappa shape index (κ3) is 3.19. The molecule has 0 aliphatic heterocycles. The van der Waals surface area contributed by atoms with Crippen LogP contribution in [0.4, 0.5) is 4.39 Å².